The normalized spacial score (nSPS) is 13.3. The highest BCUT2D eigenvalue weighted by atomic mass is 16.6. The van der Waals surface area contributed by atoms with Crippen LogP contribution in [-0.2, 0) is 24.0 Å². The van der Waals surface area contributed by atoms with Crippen LogP contribution in [0, 0.1) is 0 Å². The zero-order valence-corrected chi connectivity index (χ0v) is 42.9. The first-order valence-corrected chi connectivity index (χ1v) is 23.5. The van der Waals surface area contributed by atoms with Crippen molar-refractivity contribution in [3.05, 3.63) is 146 Å². The highest BCUT2D eigenvalue weighted by molar-refractivity contribution is 5.68. The van der Waals surface area contributed by atoms with Gasteiger partial charge in [-0.1, -0.05) is 151 Å². The molecular formula is C54H94N6O5. The highest BCUT2D eigenvalue weighted by Crippen LogP contribution is 2.12. The molecule has 1 amide bonds. The molecule has 6 atom stereocenters. The topological polar surface area (TPSA) is 147 Å². The average molecular weight is 907 g/mol. The number of nitrogens with one attached hydrogen (secondary N) is 2. The minimum atomic E-state index is -0.720. The van der Waals surface area contributed by atoms with Gasteiger partial charge in [0.1, 0.15) is 5.60 Å². The second-order valence-electron chi connectivity index (χ2n) is 16.1. The van der Waals surface area contributed by atoms with E-state index in [1.54, 1.807) is 6.08 Å². The van der Waals surface area contributed by atoms with Crippen LogP contribution in [-0.4, -0.2) is 146 Å². The van der Waals surface area contributed by atoms with E-state index in [9.17, 15) is 20.1 Å². The van der Waals surface area contributed by atoms with Crippen LogP contribution in [0.3, 0.4) is 0 Å². The second-order valence-corrected chi connectivity index (χ2v) is 16.1. The molecule has 3 aromatic rings. The number of nitrogens with two attached hydrogens (primary N) is 1. The SMILES string of the molecule is C=CCN(C)C[C@@H](O)[C@@H](N)Cc1ccccc1.C=CCN(C)C[C@@H](O)[C@H](Cc1ccccc1)NC.C=CCN(C)C[C@@H](O)[C@H](Cc1ccccc1)NC(=O)OC(C)(C)C.CC.CC.CC. The Morgan fingerprint density at radius 2 is 0.908 bits per heavy atom. The molecule has 0 spiro atoms. The third kappa shape index (κ3) is 34.8. The van der Waals surface area contributed by atoms with Gasteiger partial charge in [-0.25, -0.2) is 4.79 Å². The van der Waals surface area contributed by atoms with Crippen LogP contribution in [0.1, 0.15) is 79.0 Å². The first-order valence-electron chi connectivity index (χ1n) is 23.5. The lowest BCUT2D eigenvalue weighted by molar-refractivity contribution is 0.0386. The van der Waals surface area contributed by atoms with E-state index in [0.717, 1.165) is 30.6 Å². The predicted molar refractivity (Wildman–Crippen MR) is 280 cm³/mol. The van der Waals surface area contributed by atoms with Crippen LogP contribution in [0.5, 0.6) is 0 Å². The molecular weight excluding hydrogens is 813 g/mol. The monoisotopic (exact) mass is 907 g/mol. The minimum Gasteiger partial charge on any atom is -0.444 e. The molecule has 0 unspecified atom stereocenters. The van der Waals surface area contributed by atoms with Gasteiger partial charge < -0.3 is 51.1 Å². The molecule has 0 fully saturated rings. The van der Waals surface area contributed by atoms with Crippen molar-refractivity contribution in [3.8, 4) is 0 Å². The van der Waals surface area contributed by atoms with E-state index in [1.807, 2.05) is 191 Å². The molecule has 3 aromatic carbocycles. The number of aliphatic hydroxyl groups excluding tert-OH is 3. The summed E-state index contributed by atoms with van der Waals surface area (Å²) in [5, 5.41) is 36.8. The average Bonchev–Trinajstić information content (AvgIpc) is 3.28. The number of nitrogens with zero attached hydrogens (tertiary/aromatic N) is 3. The van der Waals surface area contributed by atoms with Crippen molar-refractivity contribution >= 4 is 6.09 Å². The van der Waals surface area contributed by atoms with Crippen LogP contribution >= 0.6 is 0 Å². The summed E-state index contributed by atoms with van der Waals surface area (Å²) in [5.41, 5.74) is 8.86. The Labute approximate surface area is 397 Å². The van der Waals surface area contributed by atoms with E-state index < -0.39 is 29.9 Å². The summed E-state index contributed by atoms with van der Waals surface area (Å²) in [6.07, 6.45) is 5.36. The van der Waals surface area contributed by atoms with Crippen molar-refractivity contribution in [2.75, 3.05) is 67.5 Å². The Bertz CT molecular complexity index is 1540. The molecule has 370 valence electrons. The minimum absolute atomic E-state index is 0.0691. The van der Waals surface area contributed by atoms with Crippen LogP contribution in [0.25, 0.3) is 0 Å². The van der Waals surface area contributed by atoms with Gasteiger partial charge in [0.2, 0.25) is 0 Å². The van der Waals surface area contributed by atoms with Gasteiger partial charge in [0.05, 0.1) is 24.4 Å². The van der Waals surface area contributed by atoms with Gasteiger partial charge in [0.15, 0.2) is 0 Å². The van der Waals surface area contributed by atoms with Gasteiger partial charge in [-0.2, -0.15) is 0 Å². The van der Waals surface area contributed by atoms with Crippen molar-refractivity contribution in [2.45, 2.75) is 124 Å². The molecule has 0 aliphatic carbocycles. The van der Waals surface area contributed by atoms with Crippen molar-refractivity contribution < 1.29 is 24.9 Å². The van der Waals surface area contributed by atoms with Gasteiger partial charge in [-0.05, 0) is 84.9 Å². The van der Waals surface area contributed by atoms with Crippen molar-refractivity contribution in [1.29, 1.82) is 0 Å². The molecule has 0 saturated carbocycles. The lowest BCUT2D eigenvalue weighted by Crippen LogP contribution is -2.50. The Balaban J connectivity index is -0.000000849. The van der Waals surface area contributed by atoms with Crippen molar-refractivity contribution in [1.82, 2.24) is 25.3 Å². The largest absolute Gasteiger partial charge is 0.444 e. The Kier molecular flexibility index (Phi) is 41.3. The number of carbonyl (C=O) groups excluding carboxylic acids is 1. The maximum absolute atomic E-state index is 12.1. The second kappa shape index (κ2) is 41.3. The fourth-order valence-electron chi connectivity index (χ4n) is 6.16. The lowest BCUT2D eigenvalue weighted by atomic mass is 10.0. The summed E-state index contributed by atoms with van der Waals surface area (Å²) in [5.74, 6) is 0. The molecule has 0 bridgehead atoms. The third-order valence-electron chi connectivity index (χ3n) is 9.23. The Morgan fingerprint density at radius 1 is 0.600 bits per heavy atom. The number of benzene rings is 3. The molecule has 0 aliphatic heterocycles. The van der Waals surface area contributed by atoms with Crippen LogP contribution < -0.4 is 16.4 Å². The van der Waals surface area contributed by atoms with Crippen molar-refractivity contribution in [2.24, 2.45) is 5.73 Å². The molecule has 7 N–H and O–H groups in total. The highest BCUT2D eigenvalue weighted by Gasteiger charge is 2.26. The lowest BCUT2D eigenvalue weighted by Gasteiger charge is -2.29. The van der Waals surface area contributed by atoms with Gasteiger partial charge in [-0.15, -0.1) is 19.7 Å². The number of hydrogen-bond donors (Lipinski definition) is 6. The molecule has 0 aromatic heterocycles. The zero-order valence-electron chi connectivity index (χ0n) is 42.9. The van der Waals surface area contributed by atoms with E-state index in [2.05, 4.69) is 47.4 Å². The first-order chi connectivity index (χ1) is 31.0. The molecule has 65 heavy (non-hydrogen) atoms. The predicted octanol–water partition coefficient (Wildman–Crippen LogP) is 8.01. The molecule has 11 heteroatoms. The fraction of sp³-hybridized carbons (Fsp3) is 0.537. The molecule has 11 nitrogen and oxygen atoms in total. The number of alkyl carbamates (subject to hydrolysis) is 1. The number of hydrogen-bond acceptors (Lipinski definition) is 10. The van der Waals surface area contributed by atoms with E-state index in [-0.39, 0.29) is 18.2 Å². The number of rotatable bonds is 23. The first kappa shape index (κ1) is 65.1. The maximum atomic E-state index is 12.1. The number of carbonyl (C=O) groups is 1. The Hall–Kier alpha value is -4.17. The summed E-state index contributed by atoms with van der Waals surface area (Å²) < 4.78 is 5.32. The Morgan fingerprint density at radius 3 is 1.23 bits per heavy atom. The summed E-state index contributed by atoms with van der Waals surface area (Å²) in [6, 6.07) is 29.4. The van der Waals surface area contributed by atoms with Gasteiger partial charge in [0, 0.05) is 51.4 Å². The van der Waals surface area contributed by atoms with E-state index in [4.69, 9.17) is 10.5 Å². The standard InChI is InChI=1S/C19H30N2O3.C15H24N2O.C14H22N2O.3C2H6/c1-6-12-21(5)14-17(22)16(13-15-10-8-7-9-11-15)20-18(23)24-19(2,3)4;1-4-10-17(3)12-15(18)14(16-2)11-13-8-6-5-7-9-13;1-3-9-16(2)11-14(17)13(15)10-12-7-5-4-6-8-12;3*1-2/h6-11,16-17,22H,1,12-14H2,2-5H3,(H,20,23);4-9,14-16,18H,1,10-12H2,2-3H3;3-8,13-14,17H,1,9-11,15H2,2H3;3*1-2H3/t16-,17+;14-,15+;13-,14+;;;/m000.../s1. The van der Waals surface area contributed by atoms with Crippen molar-refractivity contribution in [3.63, 3.8) is 0 Å². The third-order valence-corrected chi connectivity index (χ3v) is 9.23. The van der Waals surface area contributed by atoms with Gasteiger partial charge in [0.25, 0.3) is 0 Å². The number of aliphatic hydroxyl groups is 3. The molecule has 0 heterocycles. The number of amides is 1. The smallest absolute Gasteiger partial charge is 0.407 e. The van der Waals surface area contributed by atoms with E-state index in [1.165, 1.54) is 5.56 Å². The summed E-state index contributed by atoms with van der Waals surface area (Å²) >= 11 is 0. The molecule has 3 rings (SSSR count). The molecule has 0 aliphatic rings. The fourth-order valence-corrected chi connectivity index (χ4v) is 6.16. The van der Waals surface area contributed by atoms with E-state index in [0.29, 0.717) is 39.0 Å². The number of ether oxygens (including phenoxy) is 1. The molecule has 0 saturated heterocycles. The van der Waals surface area contributed by atoms with Crippen LogP contribution in [0.4, 0.5) is 4.79 Å². The zero-order chi connectivity index (χ0) is 50.2. The quantitative estimate of drug-likeness (QED) is 0.0518. The van der Waals surface area contributed by atoms with Gasteiger partial charge >= 0.3 is 6.09 Å². The summed E-state index contributed by atoms with van der Waals surface area (Å²) in [4.78, 5) is 18.1. The van der Waals surface area contributed by atoms with E-state index >= 15 is 0 Å². The molecule has 0 radical (unpaired) electrons. The van der Waals surface area contributed by atoms with Gasteiger partial charge in [-0.3, -0.25) is 0 Å². The summed E-state index contributed by atoms with van der Waals surface area (Å²) in [6.45, 7) is 32.4. The maximum Gasteiger partial charge on any atom is 0.407 e. The number of likely N-dealkylation sites (N-methyl/N-ethyl adjacent to an activating group) is 4. The summed E-state index contributed by atoms with van der Waals surface area (Å²) in [7, 11) is 7.72. The van der Waals surface area contributed by atoms with Crippen LogP contribution in [0.2, 0.25) is 0 Å². The van der Waals surface area contributed by atoms with Crippen LogP contribution in [0.15, 0.2) is 129 Å².